The van der Waals surface area contributed by atoms with E-state index in [4.69, 9.17) is 0 Å². The smallest absolute Gasteiger partial charge is 0.191 e. The van der Waals surface area contributed by atoms with E-state index in [0.29, 0.717) is 12.5 Å². The Labute approximate surface area is 183 Å². The average molecular weight is 502 g/mol. The molecule has 2 aromatic rings. The van der Waals surface area contributed by atoms with Crippen LogP contribution in [0.25, 0.3) is 10.1 Å². The van der Waals surface area contributed by atoms with Crippen LogP contribution in [-0.2, 0) is 0 Å². The molecule has 0 bridgehead atoms. The standard InChI is InChI=1S/C20H30N4OS.HI/c1-15(14-24-9-5-6-10-24)12-22-20(21-2)23-13-17(25)19-11-16-7-3-4-8-18(16)26-19;/h3-4,7-8,11,15,17,25H,5-6,9-10,12-14H2,1-2H3,(H2,21,22,23);1H. The molecule has 27 heavy (non-hydrogen) atoms. The number of benzene rings is 1. The number of aliphatic hydroxyl groups excluding tert-OH is 1. The summed E-state index contributed by atoms with van der Waals surface area (Å²) in [6.45, 7) is 7.21. The summed E-state index contributed by atoms with van der Waals surface area (Å²) in [5, 5.41) is 18.3. The Morgan fingerprint density at radius 2 is 1.93 bits per heavy atom. The van der Waals surface area contributed by atoms with E-state index in [0.717, 1.165) is 23.9 Å². The lowest BCUT2D eigenvalue weighted by atomic mass is 10.1. The molecule has 0 amide bonds. The van der Waals surface area contributed by atoms with Gasteiger partial charge in [0.05, 0.1) is 0 Å². The predicted octanol–water partition coefficient (Wildman–Crippen LogP) is 3.45. The highest BCUT2D eigenvalue weighted by Gasteiger charge is 2.15. The quantitative estimate of drug-likeness (QED) is 0.309. The molecule has 1 fully saturated rings. The van der Waals surface area contributed by atoms with Gasteiger partial charge in [-0.15, -0.1) is 35.3 Å². The Kier molecular flexibility index (Phi) is 9.28. The van der Waals surface area contributed by atoms with Crippen LogP contribution in [0.5, 0.6) is 0 Å². The van der Waals surface area contributed by atoms with Gasteiger partial charge in [-0.3, -0.25) is 4.99 Å². The molecule has 2 atom stereocenters. The molecule has 1 aromatic carbocycles. The highest BCUT2D eigenvalue weighted by atomic mass is 127. The number of halogens is 1. The summed E-state index contributed by atoms with van der Waals surface area (Å²) >= 11 is 1.64. The van der Waals surface area contributed by atoms with Crippen LogP contribution in [0.2, 0.25) is 0 Å². The second kappa shape index (κ2) is 11.2. The maximum absolute atomic E-state index is 10.5. The number of likely N-dealkylation sites (tertiary alicyclic amines) is 1. The van der Waals surface area contributed by atoms with E-state index in [2.05, 4.69) is 45.6 Å². The van der Waals surface area contributed by atoms with Gasteiger partial charge in [-0.1, -0.05) is 25.1 Å². The number of aliphatic imine (C=N–C) groups is 1. The molecule has 150 valence electrons. The van der Waals surface area contributed by atoms with Crippen molar-refractivity contribution in [2.45, 2.75) is 25.9 Å². The molecule has 1 saturated heterocycles. The van der Waals surface area contributed by atoms with Crippen molar-refractivity contribution in [1.82, 2.24) is 15.5 Å². The predicted molar refractivity (Wildman–Crippen MR) is 126 cm³/mol. The van der Waals surface area contributed by atoms with Crippen molar-refractivity contribution < 1.29 is 5.11 Å². The number of guanidine groups is 1. The zero-order valence-corrected chi connectivity index (χ0v) is 19.3. The van der Waals surface area contributed by atoms with Gasteiger partial charge in [0.2, 0.25) is 0 Å². The molecule has 3 N–H and O–H groups in total. The van der Waals surface area contributed by atoms with Crippen LogP contribution < -0.4 is 10.6 Å². The van der Waals surface area contributed by atoms with Gasteiger partial charge in [0.15, 0.2) is 5.96 Å². The normalized spacial score (nSPS) is 17.5. The molecule has 0 radical (unpaired) electrons. The molecule has 7 heteroatoms. The molecule has 1 aliphatic heterocycles. The highest BCUT2D eigenvalue weighted by molar-refractivity contribution is 14.0. The van der Waals surface area contributed by atoms with E-state index in [9.17, 15) is 5.11 Å². The molecule has 1 aliphatic rings. The third-order valence-corrected chi connectivity index (χ3v) is 6.06. The first-order chi connectivity index (χ1) is 12.7. The van der Waals surface area contributed by atoms with Crippen LogP contribution in [0.4, 0.5) is 0 Å². The van der Waals surface area contributed by atoms with Crippen molar-refractivity contribution in [2.75, 3.05) is 39.8 Å². The highest BCUT2D eigenvalue weighted by Crippen LogP contribution is 2.29. The summed E-state index contributed by atoms with van der Waals surface area (Å²) < 4.78 is 1.21. The minimum absolute atomic E-state index is 0. The summed E-state index contributed by atoms with van der Waals surface area (Å²) in [5.41, 5.74) is 0. The first kappa shape index (κ1) is 22.4. The fourth-order valence-electron chi connectivity index (χ4n) is 3.42. The molecule has 0 aliphatic carbocycles. The van der Waals surface area contributed by atoms with E-state index in [1.165, 1.54) is 36.0 Å². The minimum atomic E-state index is -0.534. The molecule has 1 aromatic heterocycles. The first-order valence-corrected chi connectivity index (χ1v) is 10.3. The third-order valence-electron chi connectivity index (χ3n) is 4.85. The van der Waals surface area contributed by atoms with Crippen molar-refractivity contribution in [3.63, 3.8) is 0 Å². The van der Waals surface area contributed by atoms with Gasteiger partial charge in [0, 0.05) is 36.3 Å². The van der Waals surface area contributed by atoms with Gasteiger partial charge in [-0.25, -0.2) is 0 Å². The number of nitrogens with zero attached hydrogens (tertiary/aromatic N) is 2. The number of fused-ring (bicyclic) bond motifs is 1. The summed E-state index contributed by atoms with van der Waals surface area (Å²) in [7, 11) is 1.77. The molecule has 5 nitrogen and oxygen atoms in total. The van der Waals surface area contributed by atoms with Gasteiger partial charge >= 0.3 is 0 Å². The second-order valence-corrected chi connectivity index (χ2v) is 8.26. The number of hydrogen-bond acceptors (Lipinski definition) is 4. The van der Waals surface area contributed by atoms with Crippen molar-refractivity contribution in [3.05, 3.63) is 35.2 Å². The van der Waals surface area contributed by atoms with Crippen molar-refractivity contribution in [1.29, 1.82) is 0 Å². The fourth-order valence-corrected chi connectivity index (χ4v) is 4.47. The first-order valence-electron chi connectivity index (χ1n) is 9.49. The number of rotatable bonds is 7. The van der Waals surface area contributed by atoms with E-state index >= 15 is 0 Å². The topological polar surface area (TPSA) is 59.9 Å². The maximum atomic E-state index is 10.5. The lowest BCUT2D eigenvalue weighted by molar-refractivity contribution is 0.184. The van der Waals surface area contributed by atoms with Crippen LogP contribution >= 0.6 is 35.3 Å². The van der Waals surface area contributed by atoms with E-state index < -0.39 is 6.10 Å². The maximum Gasteiger partial charge on any atom is 0.191 e. The van der Waals surface area contributed by atoms with Gasteiger partial charge < -0.3 is 20.6 Å². The largest absolute Gasteiger partial charge is 0.386 e. The van der Waals surface area contributed by atoms with Crippen LogP contribution in [0.1, 0.15) is 30.7 Å². The molecule has 0 spiro atoms. The molecule has 0 saturated carbocycles. The van der Waals surface area contributed by atoms with Crippen molar-refractivity contribution >= 4 is 51.4 Å². The fraction of sp³-hybridized carbons (Fsp3) is 0.550. The van der Waals surface area contributed by atoms with Gasteiger partial charge in [-0.2, -0.15) is 0 Å². The van der Waals surface area contributed by atoms with E-state index in [-0.39, 0.29) is 24.0 Å². The Morgan fingerprint density at radius 3 is 2.63 bits per heavy atom. The Morgan fingerprint density at radius 1 is 1.22 bits per heavy atom. The molecule has 2 heterocycles. The molecule has 2 unspecified atom stereocenters. The summed E-state index contributed by atoms with van der Waals surface area (Å²) in [6, 6.07) is 10.3. The molecular weight excluding hydrogens is 471 g/mol. The monoisotopic (exact) mass is 502 g/mol. The number of aliphatic hydroxyl groups is 1. The number of nitrogens with one attached hydrogen (secondary N) is 2. The number of thiophene rings is 1. The molecule has 3 rings (SSSR count). The van der Waals surface area contributed by atoms with Crippen LogP contribution in [0, 0.1) is 5.92 Å². The van der Waals surface area contributed by atoms with Crippen LogP contribution in [0.15, 0.2) is 35.3 Å². The molecular formula is C20H31IN4OS. The SMILES string of the molecule is CN=C(NCC(C)CN1CCCC1)NCC(O)c1cc2ccccc2s1.I. The van der Waals surface area contributed by atoms with Crippen molar-refractivity contribution in [3.8, 4) is 0 Å². The summed E-state index contributed by atoms with van der Waals surface area (Å²) in [5.74, 6) is 1.32. The van der Waals surface area contributed by atoms with Crippen LogP contribution in [0.3, 0.4) is 0 Å². The Hall–Kier alpha value is -0.900. The van der Waals surface area contributed by atoms with E-state index in [1.807, 2.05) is 12.1 Å². The minimum Gasteiger partial charge on any atom is -0.386 e. The lowest BCUT2D eigenvalue weighted by Crippen LogP contribution is -2.42. The lowest BCUT2D eigenvalue weighted by Gasteiger charge is -2.22. The van der Waals surface area contributed by atoms with Gasteiger partial charge in [-0.05, 0) is 49.4 Å². The van der Waals surface area contributed by atoms with Crippen LogP contribution in [-0.4, -0.2) is 55.7 Å². The Bertz CT molecular complexity index is 697. The zero-order valence-electron chi connectivity index (χ0n) is 16.1. The second-order valence-electron chi connectivity index (χ2n) is 7.15. The summed E-state index contributed by atoms with van der Waals surface area (Å²) in [6.07, 6.45) is 2.13. The van der Waals surface area contributed by atoms with Gasteiger partial charge in [0.1, 0.15) is 6.10 Å². The number of hydrogen-bond donors (Lipinski definition) is 3. The average Bonchev–Trinajstić information content (AvgIpc) is 3.30. The van der Waals surface area contributed by atoms with E-state index in [1.54, 1.807) is 18.4 Å². The van der Waals surface area contributed by atoms with Crippen molar-refractivity contribution in [2.24, 2.45) is 10.9 Å². The third kappa shape index (κ3) is 6.58. The Balaban J connectivity index is 0.00000261. The summed E-state index contributed by atoms with van der Waals surface area (Å²) in [4.78, 5) is 7.79. The van der Waals surface area contributed by atoms with Gasteiger partial charge in [0.25, 0.3) is 0 Å². The zero-order chi connectivity index (χ0) is 18.4.